The van der Waals surface area contributed by atoms with E-state index in [4.69, 9.17) is 4.74 Å². The van der Waals surface area contributed by atoms with Gasteiger partial charge in [-0.25, -0.2) is 4.79 Å². The van der Waals surface area contributed by atoms with Crippen LogP contribution in [0.3, 0.4) is 0 Å². The van der Waals surface area contributed by atoms with Crippen LogP contribution in [0.1, 0.15) is 34.6 Å². The van der Waals surface area contributed by atoms with E-state index in [-0.39, 0.29) is 13.1 Å². The number of carbonyl (C=O) groups is 3. The molecular formula is C12H22N2O4. The molecule has 3 amide bonds. The van der Waals surface area contributed by atoms with Gasteiger partial charge in [-0.1, -0.05) is 13.8 Å². The Morgan fingerprint density at radius 1 is 1.11 bits per heavy atom. The van der Waals surface area contributed by atoms with Gasteiger partial charge in [0.05, 0.1) is 0 Å². The van der Waals surface area contributed by atoms with Crippen molar-refractivity contribution in [3.8, 4) is 0 Å². The predicted molar refractivity (Wildman–Crippen MR) is 66.9 cm³/mol. The monoisotopic (exact) mass is 258 g/mol. The third-order valence-corrected chi connectivity index (χ3v) is 2.05. The first-order chi connectivity index (χ1) is 8.20. The molecule has 6 nitrogen and oxygen atoms in total. The van der Waals surface area contributed by atoms with E-state index >= 15 is 0 Å². The van der Waals surface area contributed by atoms with Crippen molar-refractivity contribution in [1.29, 1.82) is 0 Å². The van der Waals surface area contributed by atoms with Crippen LogP contribution in [0.15, 0.2) is 0 Å². The number of nitrogens with zero attached hydrogens (tertiary/aromatic N) is 2. The van der Waals surface area contributed by atoms with Crippen molar-refractivity contribution in [2.24, 2.45) is 0 Å². The number of piperazine rings is 1. The highest BCUT2D eigenvalue weighted by Gasteiger charge is 2.33. The molecule has 6 heteroatoms. The summed E-state index contributed by atoms with van der Waals surface area (Å²) in [6.45, 7) is 8.95. The summed E-state index contributed by atoms with van der Waals surface area (Å²) < 4.78 is 5.07. The number of likely N-dealkylation sites (N-methyl/N-ethyl adjacent to an activating group) is 1. The number of ether oxygens (including phenoxy) is 1. The lowest BCUT2D eigenvalue weighted by atomic mass is 10.2. The Morgan fingerprint density at radius 3 is 1.83 bits per heavy atom. The van der Waals surface area contributed by atoms with Gasteiger partial charge in [-0.2, -0.15) is 0 Å². The Hall–Kier alpha value is -1.59. The molecule has 1 rings (SSSR count). The lowest BCUT2D eigenvalue weighted by molar-refractivity contribution is -0.149. The van der Waals surface area contributed by atoms with Gasteiger partial charge in [-0.3, -0.25) is 19.4 Å². The minimum Gasteiger partial charge on any atom is -0.444 e. The maximum absolute atomic E-state index is 11.6. The Morgan fingerprint density at radius 2 is 1.50 bits per heavy atom. The fourth-order valence-corrected chi connectivity index (χ4v) is 1.19. The molecule has 0 N–H and O–H groups in total. The highest BCUT2D eigenvalue weighted by atomic mass is 16.6. The number of imide groups is 1. The summed E-state index contributed by atoms with van der Waals surface area (Å²) in [5, 5.41) is 0. The molecule has 0 atom stereocenters. The van der Waals surface area contributed by atoms with E-state index in [1.807, 2.05) is 13.8 Å². The van der Waals surface area contributed by atoms with Crippen LogP contribution in [0.4, 0.5) is 4.79 Å². The molecule has 0 aromatic rings. The third-order valence-electron chi connectivity index (χ3n) is 2.05. The minimum absolute atomic E-state index is 0.114. The van der Waals surface area contributed by atoms with Crippen molar-refractivity contribution in [3.05, 3.63) is 0 Å². The van der Waals surface area contributed by atoms with Crippen LogP contribution in [0.5, 0.6) is 0 Å². The Labute approximate surface area is 108 Å². The molecule has 1 heterocycles. The fraction of sp³-hybridized carbons (Fsp3) is 0.750. The molecule has 0 aromatic carbocycles. The lowest BCUT2D eigenvalue weighted by Gasteiger charge is -2.32. The number of rotatable bonds is 0. The summed E-state index contributed by atoms with van der Waals surface area (Å²) in [6.07, 6.45) is -0.637. The summed E-state index contributed by atoms with van der Waals surface area (Å²) in [5.74, 6) is -0.802. The van der Waals surface area contributed by atoms with Crippen LogP contribution in [-0.4, -0.2) is 53.4 Å². The summed E-state index contributed by atoms with van der Waals surface area (Å²) >= 11 is 0. The van der Waals surface area contributed by atoms with Gasteiger partial charge in [0.25, 0.3) is 0 Å². The second-order valence-electron chi connectivity index (χ2n) is 4.68. The number of amides is 3. The molecule has 1 saturated heterocycles. The first kappa shape index (κ1) is 16.4. The zero-order valence-electron chi connectivity index (χ0n) is 11.9. The van der Waals surface area contributed by atoms with E-state index in [9.17, 15) is 14.4 Å². The molecule has 104 valence electrons. The van der Waals surface area contributed by atoms with Gasteiger partial charge in [0, 0.05) is 7.05 Å². The largest absolute Gasteiger partial charge is 0.444 e. The highest BCUT2D eigenvalue weighted by Crippen LogP contribution is 2.12. The van der Waals surface area contributed by atoms with Crippen LogP contribution in [-0.2, 0) is 14.3 Å². The van der Waals surface area contributed by atoms with E-state index < -0.39 is 23.5 Å². The maximum Gasteiger partial charge on any atom is 0.411 e. The molecule has 1 aliphatic heterocycles. The maximum atomic E-state index is 11.6. The molecule has 0 spiro atoms. The standard InChI is InChI=1S/C10H16N2O4.C2H6/c1-10(2,3)16-9(15)12-5-7(13)11(4)8(14)6-12;1-2/h5-6H2,1-4H3;1-2H3. The van der Waals surface area contributed by atoms with Crippen LogP contribution in [0.2, 0.25) is 0 Å². The molecule has 0 bridgehead atoms. The fourth-order valence-electron chi connectivity index (χ4n) is 1.19. The average Bonchev–Trinajstić information content (AvgIpc) is 2.25. The molecule has 0 radical (unpaired) electrons. The Balaban J connectivity index is 0.00000137. The topological polar surface area (TPSA) is 66.9 Å². The number of carbonyl (C=O) groups excluding carboxylic acids is 3. The van der Waals surface area contributed by atoms with Crippen LogP contribution < -0.4 is 0 Å². The molecule has 0 saturated carbocycles. The quantitative estimate of drug-likeness (QED) is 0.613. The number of hydrogen-bond donors (Lipinski definition) is 0. The zero-order chi connectivity index (χ0) is 14.5. The SMILES string of the molecule is CC.CN1C(=O)CN(C(=O)OC(C)(C)C)CC1=O. The first-order valence-electron chi connectivity index (χ1n) is 5.98. The minimum atomic E-state index is -0.637. The van der Waals surface area contributed by atoms with Gasteiger partial charge >= 0.3 is 6.09 Å². The molecule has 1 fully saturated rings. The smallest absolute Gasteiger partial charge is 0.411 e. The third kappa shape index (κ3) is 4.73. The molecule has 0 aromatic heterocycles. The van der Waals surface area contributed by atoms with Crippen molar-refractivity contribution in [2.45, 2.75) is 40.2 Å². The Bertz CT molecular complexity index is 315. The van der Waals surface area contributed by atoms with E-state index in [0.29, 0.717) is 0 Å². The molecule has 1 aliphatic rings. The van der Waals surface area contributed by atoms with Gasteiger partial charge in [-0.05, 0) is 20.8 Å². The molecule has 0 unspecified atom stereocenters. The van der Waals surface area contributed by atoms with Crippen LogP contribution in [0, 0.1) is 0 Å². The first-order valence-corrected chi connectivity index (χ1v) is 5.98. The highest BCUT2D eigenvalue weighted by molar-refractivity contribution is 6.01. The van der Waals surface area contributed by atoms with Gasteiger partial charge in [-0.15, -0.1) is 0 Å². The van der Waals surface area contributed by atoms with E-state index in [1.54, 1.807) is 20.8 Å². The van der Waals surface area contributed by atoms with E-state index in [2.05, 4.69) is 0 Å². The van der Waals surface area contributed by atoms with E-state index in [0.717, 1.165) is 9.80 Å². The second-order valence-corrected chi connectivity index (χ2v) is 4.68. The zero-order valence-corrected chi connectivity index (χ0v) is 11.9. The van der Waals surface area contributed by atoms with Crippen molar-refractivity contribution in [1.82, 2.24) is 9.80 Å². The molecule has 0 aliphatic carbocycles. The number of hydrogen-bond acceptors (Lipinski definition) is 4. The second kappa shape index (κ2) is 6.37. The summed E-state index contributed by atoms with van der Waals surface area (Å²) in [6, 6.07) is 0. The van der Waals surface area contributed by atoms with Crippen molar-refractivity contribution in [3.63, 3.8) is 0 Å². The van der Waals surface area contributed by atoms with Crippen molar-refractivity contribution in [2.75, 3.05) is 20.1 Å². The average molecular weight is 258 g/mol. The summed E-state index contributed by atoms with van der Waals surface area (Å²) in [4.78, 5) is 36.4. The van der Waals surface area contributed by atoms with E-state index in [1.165, 1.54) is 7.05 Å². The predicted octanol–water partition coefficient (Wildman–Crippen LogP) is 1.25. The molecular weight excluding hydrogens is 236 g/mol. The van der Waals surface area contributed by atoms with Gasteiger partial charge in [0.15, 0.2) is 0 Å². The summed E-state index contributed by atoms with van der Waals surface area (Å²) in [5.41, 5.74) is -0.632. The molecule has 18 heavy (non-hydrogen) atoms. The van der Waals surface area contributed by atoms with Gasteiger partial charge in [0.2, 0.25) is 11.8 Å². The van der Waals surface area contributed by atoms with Gasteiger partial charge < -0.3 is 4.74 Å². The van der Waals surface area contributed by atoms with Gasteiger partial charge in [0.1, 0.15) is 18.7 Å². The lowest BCUT2D eigenvalue weighted by Crippen LogP contribution is -2.54. The van der Waals surface area contributed by atoms with Crippen LogP contribution >= 0.6 is 0 Å². The Kier molecular flexibility index (Phi) is 5.81. The normalized spacial score (nSPS) is 16.1. The van der Waals surface area contributed by atoms with Crippen molar-refractivity contribution < 1.29 is 19.1 Å². The van der Waals surface area contributed by atoms with Crippen molar-refractivity contribution >= 4 is 17.9 Å². The van der Waals surface area contributed by atoms with Crippen LogP contribution in [0.25, 0.3) is 0 Å². The summed E-state index contributed by atoms with van der Waals surface area (Å²) in [7, 11) is 1.40.